The van der Waals surface area contributed by atoms with E-state index in [1.54, 1.807) is 59.4 Å². The molecule has 5 atom stereocenters. The van der Waals surface area contributed by atoms with Crippen LogP contribution in [-0.2, 0) is 26.5 Å². The largest absolute Gasteiger partial charge is 0.497 e. The third-order valence-electron chi connectivity index (χ3n) is 10.0. The average Bonchev–Trinajstić information content (AvgIpc) is 3.72. The zero-order chi connectivity index (χ0) is 33.5. The fourth-order valence-electron chi connectivity index (χ4n) is 7.84. The number of nitrogens with one attached hydrogen (secondary N) is 1. The normalized spacial score (nSPS) is 25.4. The predicted octanol–water partition coefficient (Wildman–Crippen LogP) is 5.46. The maximum atomic E-state index is 16.2. The summed E-state index contributed by atoms with van der Waals surface area (Å²) in [5, 5.41) is 12.8. The van der Waals surface area contributed by atoms with Gasteiger partial charge in [-0.2, -0.15) is 0 Å². The minimum Gasteiger partial charge on any atom is -0.497 e. The van der Waals surface area contributed by atoms with Crippen molar-refractivity contribution in [1.29, 1.82) is 0 Å². The summed E-state index contributed by atoms with van der Waals surface area (Å²) in [4.78, 5) is 44.9. The highest BCUT2D eigenvalue weighted by Gasteiger charge is 2.66. The number of rotatable bonds is 9. The number of ether oxygens (including phenoxy) is 2. The Morgan fingerprint density at radius 3 is 2.49 bits per heavy atom. The first-order chi connectivity index (χ1) is 22.5. The summed E-state index contributed by atoms with van der Waals surface area (Å²) in [5.41, 5.74) is -0.465. The van der Waals surface area contributed by atoms with Gasteiger partial charge in [-0.05, 0) is 74.7 Å². The Balaban J connectivity index is 1.39. The number of hydrogen-bond acceptors (Lipinski definition) is 6. The van der Waals surface area contributed by atoms with Gasteiger partial charge >= 0.3 is 0 Å². The second kappa shape index (κ2) is 12.7. The Labute approximate surface area is 274 Å². The van der Waals surface area contributed by atoms with E-state index in [9.17, 15) is 19.5 Å². The first kappa shape index (κ1) is 32.7. The van der Waals surface area contributed by atoms with E-state index >= 15 is 4.39 Å². The Bertz CT molecular complexity index is 1640. The first-order valence-corrected chi connectivity index (χ1v) is 16.2. The van der Waals surface area contributed by atoms with Gasteiger partial charge in [0.25, 0.3) is 11.8 Å². The summed E-state index contributed by atoms with van der Waals surface area (Å²) in [6, 6.07) is 21.3. The van der Waals surface area contributed by atoms with Crippen molar-refractivity contribution >= 4 is 29.1 Å². The summed E-state index contributed by atoms with van der Waals surface area (Å²) in [6.07, 6.45) is 0.475. The van der Waals surface area contributed by atoms with E-state index in [0.717, 1.165) is 12.0 Å². The number of nitrogens with zero attached hydrogens (tertiary/aromatic N) is 2. The number of halogens is 1. The van der Waals surface area contributed by atoms with Gasteiger partial charge in [0.1, 0.15) is 11.4 Å². The average molecular weight is 644 g/mol. The van der Waals surface area contributed by atoms with Crippen LogP contribution < -0.4 is 15.0 Å². The van der Waals surface area contributed by atoms with Gasteiger partial charge in [-0.1, -0.05) is 37.3 Å². The minimum atomic E-state index is -1.79. The van der Waals surface area contributed by atoms with Gasteiger partial charge in [0.2, 0.25) is 5.91 Å². The van der Waals surface area contributed by atoms with Gasteiger partial charge in [0.15, 0.2) is 5.60 Å². The number of likely N-dealkylation sites (tertiary alicyclic amines) is 1. The van der Waals surface area contributed by atoms with Crippen LogP contribution in [0.15, 0.2) is 72.8 Å². The van der Waals surface area contributed by atoms with E-state index in [-0.39, 0.29) is 43.3 Å². The topological polar surface area (TPSA) is 108 Å². The highest BCUT2D eigenvalue weighted by molar-refractivity contribution is 6.09. The van der Waals surface area contributed by atoms with Crippen LogP contribution in [-0.4, -0.2) is 65.8 Å². The molecule has 0 radical (unpaired) electrons. The molecule has 3 heterocycles. The Hall–Kier alpha value is -4.28. The lowest BCUT2D eigenvalue weighted by Gasteiger charge is -2.33. The third-order valence-corrected chi connectivity index (χ3v) is 10.0. The van der Waals surface area contributed by atoms with E-state index < -0.39 is 29.2 Å². The fourth-order valence-corrected chi connectivity index (χ4v) is 7.84. The van der Waals surface area contributed by atoms with Crippen molar-refractivity contribution in [2.24, 2.45) is 11.8 Å². The van der Waals surface area contributed by atoms with Gasteiger partial charge in [0, 0.05) is 35.2 Å². The fraction of sp³-hybridized carbons (Fsp3) is 0.432. The molecule has 3 amide bonds. The van der Waals surface area contributed by atoms with Gasteiger partial charge in [-0.25, -0.2) is 4.39 Å². The molecule has 2 N–H and O–H groups in total. The van der Waals surface area contributed by atoms with Crippen molar-refractivity contribution in [2.75, 3.05) is 30.5 Å². The number of aliphatic hydroxyl groups excluding tert-OH is 1. The lowest BCUT2D eigenvalue weighted by atomic mass is 9.71. The molecule has 3 aromatic carbocycles. The van der Waals surface area contributed by atoms with Crippen molar-refractivity contribution in [3.63, 3.8) is 0 Å². The SMILES string of the molecule is COc1ccc(C(=O)Nc2ccc3c(c2)[C@@]2(O[C@H](CC(=O)N4CCC[C@H]4CO)[C@@H](C(C)(C)F)[C@@H]2C)C(=O)N3Cc2ccccc2)cc1. The molecule has 3 aromatic rings. The molecule has 0 saturated carbocycles. The molecule has 47 heavy (non-hydrogen) atoms. The molecule has 2 fully saturated rings. The lowest BCUT2D eigenvalue weighted by molar-refractivity contribution is -0.150. The summed E-state index contributed by atoms with van der Waals surface area (Å²) in [5.74, 6) is -1.73. The number of alkyl halides is 1. The van der Waals surface area contributed by atoms with Gasteiger partial charge in [0.05, 0.1) is 44.5 Å². The maximum absolute atomic E-state index is 16.2. The molecule has 9 nitrogen and oxygen atoms in total. The number of fused-ring (bicyclic) bond motifs is 2. The van der Waals surface area contributed by atoms with Crippen LogP contribution in [0, 0.1) is 11.8 Å². The Kier molecular flexibility index (Phi) is 8.84. The molecular weight excluding hydrogens is 601 g/mol. The van der Waals surface area contributed by atoms with Crippen molar-refractivity contribution in [3.8, 4) is 5.75 Å². The summed E-state index contributed by atoms with van der Waals surface area (Å²) in [6.45, 7) is 5.40. The number of carbonyl (C=O) groups is 3. The van der Waals surface area contributed by atoms with Crippen LogP contribution in [0.1, 0.15) is 61.5 Å². The van der Waals surface area contributed by atoms with Crippen LogP contribution in [0.3, 0.4) is 0 Å². The molecule has 3 aliphatic heterocycles. The zero-order valence-corrected chi connectivity index (χ0v) is 27.2. The molecule has 248 valence electrons. The predicted molar refractivity (Wildman–Crippen MR) is 176 cm³/mol. The molecule has 0 unspecified atom stereocenters. The molecule has 3 aliphatic rings. The Morgan fingerprint density at radius 1 is 1.11 bits per heavy atom. The molecule has 2 saturated heterocycles. The van der Waals surface area contributed by atoms with Gasteiger partial charge in [-0.3, -0.25) is 14.4 Å². The van der Waals surface area contributed by atoms with E-state index in [2.05, 4.69) is 5.32 Å². The summed E-state index contributed by atoms with van der Waals surface area (Å²) >= 11 is 0. The highest BCUT2D eigenvalue weighted by atomic mass is 19.1. The standard InChI is InChI=1S/C37H42FN3O6/c1-23-33(36(2,3)38)31(20-32(43)40-18-8-11-27(40)22-42)47-37(23)29-19-26(39-34(44)25-12-15-28(46-4)16-13-25)14-17-30(29)41(35(37)45)21-24-9-6-5-7-10-24/h5-7,9-10,12-17,19,23,27,31,33,42H,8,11,18,20-22H2,1-4H3,(H,39,44)/t23-,27-,31+,33-,37+/m0/s1. The molecule has 1 spiro atoms. The monoisotopic (exact) mass is 643 g/mol. The van der Waals surface area contributed by atoms with E-state index in [1.165, 1.54) is 13.8 Å². The van der Waals surface area contributed by atoms with Crippen LogP contribution in [0.25, 0.3) is 0 Å². The van der Waals surface area contributed by atoms with Crippen LogP contribution in [0.2, 0.25) is 0 Å². The summed E-state index contributed by atoms with van der Waals surface area (Å²) < 4.78 is 28.2. The number of hydrogen-bond donors (Lipinski definition) is 2. The third kappa shape index (κ3) is 5.89. The quantitative estimate of drug-likeness (QED) is 0.321. The van der Waals surface area contributed by atoms with Gasteiger partial charge in [-0.15, -0.1) is 0 Å². The number of anilines is 2. The number of methoxy groups -OCH3 is 1. The van der Waals surface area contributed by atoms with Crippen molar-refractivity contribution in [2.45, 2.75) is 70.0 Å². The number of carbonyl (C=O) groups excluding carboxylic acids is 3. The molecule has 6 rings (SSSR count). The number of benzene rings is 3. The lowest BCUT2D eigenvalue weighted by Crippen LogP contribution is -2.45. The van der Waals surface area contributed by atoms with Crippen molar-refractivity contribution in [3.05, 3.63) is 89.5 Å². The van der Waals surface area contributed by atoms with Crippen molar-refractivity contribution in [1.82, 2.24) is 4.90 Å². The smallest absolute Gasteiger partial charge is 0.264 e. The summed E-state index contributed by atoms with van der Waals surface area (Å²) in [7, 11) is 1.55. The van der Waals surface area contributed by atoms with Crippen molar-refractivity contribution < 1.29 is 33.4 Å². The van der Waals surface area contributed by atoms with Crippen LogP contribution >= 0.6 is 0 Å². The second-order valence-corrected chi connectivity index (χ2v) is 13.3. The van der Waals surface area contributed by atoms with Crippen LogP contribution in [0.4, 0.5) is 15.8 Å². The molecule has 0 aliphatic carbocycles. The Morgan fingerprint density at radius 2 is 1.83 bits per heavy atom. The maximum Gasteiger partial charge on any atom is 0.264 e. The van der Waals surface area contributed by atoms with Gasteiger partial charge < -0.3 is 29.7 Å². The second-order valence-electron chi connectivity index (χ2n) is 13.3. The molecule has 0 aromatic heterocycles. The molecule has 0 bridgehead atoms. The molecule has 10 heteroatoms. The number of aliphatic hydroxyl groups is 1. The zero-order valence-electron chi connectivity index (χ0n) is 27.2. The minimum absolute atomic E-state index is 0.115. The first-order valence-electron chi connectivity index (χ1n) is 16.2. The van der Waals surface area contributed by atoms with Crippen LogP contribution in [0.5, 0.6) is 5.75 Å². The highest BCUT2D eigenvalue weighted by Crippen LogP contribution is 2.59. The number of amides is 3. The van der Waals surface area contributed by atoms with E-state index in [1.807, 2.05) is 37.3 Å². The molecular formula is C37H42FN3O6. The van der Waals surface area contributed by atoms with E-state index in [0.29, 0.717) is 41.2 Å². The van der Waals surface area contributed by atoms with E-state index in [4.69, 9.17) is 9.47 Å².